The molecule has 0 aromatic heterocycles. The molecule has 0 aliphatic carbocycles. The highest BCUT2D eigenvalue weighted by Gasteiger charge is 2.27. The molecule has 4 nitrogen and oxygen atoms in total. The molecule has 7 heteroatoms. The Balaban J connectivity index is 2.78. The molecule has 1 rings (SSSR count). The molecule has 0 saturated carbocycles. The maximum Gasteiger partial charge on any atom is 0.277 e. The van der Waals surface area contributed by atoms with Crippen LogP contribution in [-0.2, 0) is 0 Å². The monoisotopic (exact) mass is 322 g/mol. The van der Waals surface area contributed by atoms with Crippen molar-refractivity contribution in [3.8, 4) is 5.75 Å². The summed E-state index contributed by atoms with van der Waals surface area (Å²) in [4.78, 5) is 11.7. The van der Waals surface area contributed by atoms with E-state index >= 15 is 0 Å². The van der Waals surface area contributed by atoms with Gasteiger partial charge in [-0.1, -0.05) is 0 Å². The van der Waals surface area contributed by atoms with E-state index in [4.69, 9.17) is 10.5 Å². The number of nitrogens with two attached hydrogens (primary N) is 1. The first-order chi connectivity index (χ1) is 8.39. The number of alkyl halides is 2. The van der Waals surface area contributed by atoms with Crippen molar-refractivity contribution < 1.29 is 18.3 Å². The molecular formula is C11H13BrF2N2O2. The van der Waals surface area contributed by atoms with Crippen LogP contribution in [-0.4, -0.2) is 32.0 Å². The van der Waals surface area contributed by atoms with E-state index in [1.807, 2.05) is 0 Å². The molecule has 1 aromatic carbocycles. The van der Waals surface area contributed by atoms with Gasteiger partial charge in [0.05, 0.1) is 25.8 Å². The molecule has 0 unspecified atom stereocenters. The summed E-state index contributed by atoms with van der Waals surface area (Å²) in [5, 5.41) is 2.13. The number of ether oxygens (including phenoxy) is 1. The maximum absolute atomic E-state index is 12.9. The zero-order chi connectivity index (χ0) is 13.8. The van der Waals surface area contributed by atoms with E-state index in [2.05, 4.69) is 21.2 Å². The van der Waals surface area contributed by atoms with Crippen LogP contribution in [0.4, 0.5) is 8.78 Å². The van der Waals surface area contributed by atoms with E-state index < -0.39 is 24.9 Å². The fourth-order valence-corrected chi connectivity index (χ4v) is 1.61. The molecular weight excluding hydrogens is 310 g/mol. The summed E-state index contributed by atoms with van der Waals surface area (Å²) < 4.78 is 31.3. The minimum Gasteiger partial charge on any atom is -0.497 e. The van der Waals surface area contributed by atoms with Crippen LogP contribution in [0.15, 0.2) is 22.7 Å². The number of nitrogens with one attached hydrogen (secondary N) is 1. The van der Waals surface area contributed by atoms with Gasteiger partial charge in [-0.3, -0.25) is 4.79 Å². The van der Waals surface area contributed by atoms with E-state index in [1.165, 1.54) is 13.2 Å². The van der Waals surface area contributed by atoms with Gasteiger partial charge in [-0.05, 0) is 34.1 Å². The highest BCUT2D eigenvalue weighted by atomic mass is 79.9. The zero-order valence-corrected chi connectivity index (χ0v) is 11.3. The quantitative estimate of drug-likeness (QED) is 0.868. The minimum atomic E-state index is -3.11. The molecule has 0 radical (unpaired) electrons. The number of hydrogen-bond acceptors (Lipinski definition) is 3. The second-order valence-electron chi connectivity index (χ2n) is 3.59. The van der Waals surface area contributed by atoms with Crippen molar-refractivity contribution in [1.29, 1.82) is 0 Å². The van der Waals surface area contributed by atoms with Gasteiger partial charge in [-0.15, -0.1) is 0 Å². The van der Waals surface area contributed by atoms with E-state index in [1.54, 1.807) is 12.1 Å². The highest BCUT2D eigenvalue weighted by Crippen LogP contribution is 2.22. The zero-order valence-electron chi connectivity index (χ0n) is 9.67. The van der Waals surface area contributed by atoms with Crippen molar-refractivity contribution in [3.05, 3.63) is 28.2 Å². The van der Waals surface area contributed by atoms with Gasteiger partial charge in [-0.2, -0.15) is 0 Å². The summed E-state index contributed by atoms with van der Waals surface area (Å²) >= 11 is 3.17. The predicted octanol–water partition coefficient (Wildman–Crippen LogP) is 1.78. The van der Waals surface area contributed by atoms with Crippen LogP contribution in [0.2, 0.25) is 0 Å². The predicted molar refractivity (Wildman–Crippen MR) is 67.0 cm³/mol. The Kier molecular flexibility index (Phi) is 5.03. The molecule has 18 heavy (non-hydrogen) atoms. The van der Waals surface area contributed by atoms with E-state index in [0.29, 0.717) is 10.2 Å². The van der Waals surface area contributed by atoms with Gasteiger partial charge in [0.15, 0.2) is 0 Å². The number of halogens is 3. The van der Waals surface area contributed by atoms with Crippen LogP contribution in [0, 0.1) is 0 Å². The molecule has 0 aliphatic rings. The van der Waals surface area contributed by atoms with Gasteiger partial charge in [0.1, 0.15) is 5.75 Å². The standard InChI is InChI=1S/C11H13BrF2N2O2/c1-18-7-2-3-9(12)8(4-7)10(17)16-6-11(13,14)5-15/h2-4H,5-6,15H2,1H3,(H,16,17). The Morgan fingerprint density at radius 1 is 1.56 bits per heavy atom. The van der Waals surface area contributed by atoms with Gasteiger partial charge in [0.2, 0.25) is 0 Å². The third kappa shape index (κ3) is 3.92. The fourth-order valence-electron chi connectivity index (χ4n) is 1.18. The number of carbonyl (C=O) groups is 1. The molecule has 3 N–H and O–H groups in total. The topological polar surface area (TPSA) is 64.3 Å². The molecule has 0 atom stereocenters. The van der Waals surface area contributed by atoms with Gasteiger partial charge in [0.25, 0.3) is 11.8 Å². The average Bonchev–Trinajstić information content (AvgIpc) is 2.36. The van der Waals surface area contributed by atoms with Crippen LogP contribution in [0.5, 0.6) is 5.75 Å². The third-order valence-corrected chi connectivity index (χ3v) is 2.92. The molecule has 0 aliphatic heterocycles. The Morgan fingerprint density at radius 2 is 2.22 bits per heavy atom. The molecule has 0 saturated heterocycles. The van der Waals surface area contributed by atoms with Crippen LogP contribution in [0.25, 0.3) is 0 Å². The number of carbonyl (C=O) groups excluding carboxylic acids is 1. The van der Waals surface area contributed by atoms with E-state index in [-0.39, 0.29) is 5.56 Å². The number of rotatable bonds is 5. The molecule has 0 fully saturated rings. The van der Waals surface area contributed by atoms with Crippen molar-refractivity contribution in [2.24, 2.45) is 5.73 Å². The third-order valence-electron chi connectivity index (χ3n) is 2.22. The summed E-state index contributed by atoms with van der Waals surface area (Å²) in [6.07, 6.45) is 0. The van der Waals surface area contributed by atoms with Crippen LogP contribution < -0.4 is 15.8 Å². The van der Waals surface area contributed by atoms with Gasteiger partial charge < -0.3 is 15.8 Å². The van der Waals surface area contributed by atoms with Crippen LogP contribution >= 0.6 is 15.9 Å². The molecule has 0 spiro atoms. The lowest BCUT2D eigenvalue weighted by Gasteiger charge is -2.15. The summed E-state index contributed by atoms with van der Waals surface area (Å²) in [6.45, 7) is -1.61. The number of benzene rings is 1. The normalized spacial score (nSPS) is 11.2. The van der Waals surface area contributed by atoms with Gasteiger partial charge in [-0.25, -0.2) is 8.78 Å². The largest absolute Gasteiger partial charge is 0.497 e. The number of amides is 1. The van der Waals surface area contributed by atoms with E-state index in [9.17, 15) is 13.6 Å². The number of hydrogen-bond donors (Lipinski definition) is 2. The van der Waals surface area contributed by atoms with Crippen molar-refractivity contribution in [2.75, 3.05) is 20.2 Å². The molecule has 1 amide bonds. The Labute approximate surface area is 112 Å². The lowest BCUT2D eigenvalue weighted by Crippen LogP contribution is -2.41. The lowest BCUT2D eigenvalue weighted by molar-refractivity contribution is 0.0118. The van der Waals surface area contributed by atoms with E-state index in [0.717, 1.165) is 0 Å². The highest BCUT2D eigenvalue weighted by molar-refractivity contribution is 9.10. The first-order valence-electron chi connectivity index (χ1n) is 5.09. The molecule has 0 heterocycles. The van der Waals surface area contributed by atoms with Crippen molar-refractivity contribution in [3.63, 3.8) is 0 Å². The van der Waals surface area contributed by atoms with Crippen LogP contribution in [0.3, 0.4) is 0 Å². The molecule has 0 bridgehead atoms. The summed E-state index contributed by atoms with van der Waals surface area (Å²) in [7, 11) is 1.45. The second kappa shape index (κ2) is 6.10. The maximum atomic E-state index is 12.9. The fraction of sp³-hybridized carbons (Fsp3) is 0.364. The Hall–Kier alpha value is -1.21. The summed E-state index contributed by atoms with van der Waals surface area (Å²) in [5.74, 6) is -3.26. The van der Waals surface area contributed by atoms with Crippen molar-refractivity contribution in [1.82, 2.24) is 5.32 Å². The first kappa shape index (κ1) is 14.8. The second-order valence-corrected chi connectivity index (χ2v) is 4.44. The molecule has 1 aromatic rings. The first-order valence-corrected chi connectivity index (χ1v) is 5.88. The van der Waals surface area contributed by atoms with Gasteiger partial charge in [0, 0.05) is 4.47 Å². The van der Waals surface area contributed by atoms with Crippen molar-refractivity contribution >= 4 is 21.8 Å². The summed E-state index contributed by atoms with van der Waals surface area (Å²) in [5.41, 5.74) is 5.10. The minimum absolute atomic E-state index is 0.224. The SMILES string of the molecule is COc1ccc(Br)c(C(=O)NCC(F)(F)CN)c1. The smallest absolute Gasteiger partial charge is 0.277 e. The van der Waals surface area contributed by atoms with Crippen LogP contribution in [0.1, 0.15) is 10.4 Å². The molecule has 100 valence electrons. The van der Waals surface area contributed by atoms with Crippen molar-refractivity contribution in [2.45, 2.75) is 5.92 Å². The Morgan fingerprint density at radius 3 is 2.78 bits per heavy atom. The lowest BCUT2D eigenvalue weighted by atomic mass is 10.2. The average molecular weight is 323 g/mol. The number of methoxy groups -OCH3 is 1. The Bertz CT molecular complexity index is 441. The van der Waals surface area contributed by atoms with Gasteiger partial charge >= 0.3 is 0 Å². The summed E-state index contributed by atoms with van der Waals surface area (Å²) in [6, 6.07) is 4.71.